The molecule has 1 saturated heterocycles. The lowest BCUT2D eigenvalue weighted by atomic mass is 9.94. The molecule has 2 unspecified atom stereocenters. The third-order valence-electron chi connectivity index (χ3n) is 3.59. The van der Waals surface area contributed by atoms with Crippen molar-refractivity contribution in [2.24, 2.45) is 5.92 Å². The van der Waals surface area contributed by atoms with Crippen LogP contribution >= 0.6 is 0 Å². The maximum Gasteiger partial charge on any atom is 0.305 e. The van der Waals surface area contributed by atoms with E-state index in [4.69, 9.17) is 5.11 Å². The molecule has 2 N–H and O–H groups in total. The van der Waals surface area contributed by atoms with Gasteiger partial charge < -0.3 is 15.3 Å². The number of carboxylic acid groups (broad SMARTS) is 1. The summed E-state index contributed by atoms with van der Waals surface area (Å²) in [6, 6.07) is 3.21. The van der Waals surface area contributed by atoms with Crippen molar-refractivity contribution in [3.05, 3.63) is 30.1 Å². The van der Waals surface area contributed by atoms with Gasteiger partial charge in [0.05, 0.1) is 18.4 Å². The molecular formula is C14H17N3O4. The Morgan fingerprint density at radius 3 is 2.90 bits per heavy atom. The van der Waals surface area contributed by atoms with Crippen LogP contribution in [-0.4, -0.2) is 46.4 Å². The number of rotatable bonds is 5. The average Bonchev–Trinajstić information content (AvgIpc) is 2.75. The monoisotopic (exact) mass is 291 g/mol. The Hall–Kier alpha value is -2.44. The van der Waals surface area contributed by atoms with Gasteiger partial charge in [-0.1, -0.05) is 6.07 Å². The number of hydrogen-bond donors (Lipinski definition) is 2. The van der Waals surface area contributed by atoms with Crippen molar-refractivity contribution in [1.29, 1.82) is 0 Å². The Morgan fingerprint density at radius 2 is 2.29 bits per heavy atom. The van der Waals surface area contributed by atoms with E-state index < -0.39 is 11.9 Å². The van der Waals surface area contributed by atoms with E-state index in [1.807, 2.05) is 6.07 Å². The fraction of sp³-hybridized carbons (Fsp3) is 0.429. The van der Waals surface area contributed by atoms with Crippen LogP contribution in [0.2, 0.25) is 0 Å². The van der Waals surface area contributed by atoms with Crippen LogP contribution in [0.5, 0.6) is 0 Å². The van der Waals surface area contributed by atoms with E-state index in [1.54, 1.807) is 30.4 Å². The van der Waals surface area contributed by atoms with E-state index in [2.05, 4.69) is 10.3 Å². The maximum atomic E-state index is 12.2. The van der Waals surface area contributed by atoms with Crippen molar-refractivity contribution < 1.29 is 19.5 Å². The molecule has 2 atom stereocenters. The molecule has 0 aromatic carbocycles. The molecule has 1 aliphatic heterocycles. The van der Waals surface area contributed by atoms with Gasteiger partial charge in [-0.25, -0.2) is 0 Å². The first-order chi connectivity index (χ1) is 10.0. The lowest BCUT2D eigenvalue weighted by molar-refractivity contribution is -0.137. The summed E-state index contributed by atoms with van der Waals surface area (Å²) in [5, 5.41) is 11.2. The molecule has 0 saturated carbocycles. The number of carbonyl (C=O) groups excluding carboxylic acids is 2. The lowest BCUT2D eigenvalue weighted by Gasteiger charge is -2.24. The number of likely N-dealkylation sites (tertiary alicyclic amines) is 1. The predicted octanol–water partition coefficient (Wildman–Crippen LogP) is 0.192. The molecule has 2 heterocycles. The summed E-state index contributed by atoms with van der Waals surface area (Å²) in [5.41, 5.74) is 0.796. The van der Waals surface area contributed by atoms with Crippen molar-refractivity contribution in [3.8, 4) is 0 Å². The Morgan fingerprint density at radius 1 is 1.52 bits per heavy atom. The Balaban J connectivity index is 2.11. The van der Waals surface area contributed by atoms with Gasteiger partial charge in [0.1, 0.15) is 0 Å². The summed E-state index contributed by atoms with van der Waals surface area (Å²) in [4.78, 5) is 40.1. The van der Waals surface area contributed by atoms with Crippen molar-refractivity contribution in [2.45, 2.75) is 18.9 Å². The molecule has 0 bridgehead atoms. The summed E-state index contributed by atoms with van der Waals surface area (Å²) in [6.45, 7) is 0.0579. The van der Waals surface area contributed by atoms with Crippen LogP contribution < -0.4 is 5.32 Å². The van der Waals surface area contributed by atoms with E-state index in [0.29, 0.717) is 0 Å². The number of aliphatic carboxylic acids is 1. The molecular weight excluding hydrogens is 274 g/mol. The zero-order chi connectivity index (χ0) is 15.4. The summed E-state index contributed by atoms with van der Waals surface area (Å²) < 4.78 is 0. The van der Waals surface area contributed by atoms with Gasteiger partial charge >= 0.3 is 5.97 Å². The maximum absolute atomic E-state index is 12.2. The number of nitrogens with one attached hydrogen (secondary N) is 1. The van der Waals surface area contributed by atoms with Gasteiger partial charge in [-0.2, -0.15) is 0 Å². The quantitative estimate of drug-likeness (QED) is 0.807. The first-order valence-electron chi connectivity index (χ1n) is 6.66. The SMILES string of the molecule is CN1C(=O)CC(C(=O)NCCC(=O)O)C1c1cccnc1. The molecule has 1 aromatic rings. The van der Waals surface area contributed by atoms with Crippen molar-refractivity contribution >= 4 is 17.8 Å². The van der Waals surface area contributed by atoms with E-state index in [1.165, 1.54) is 0 Å². The smallest absolute Gasteiger partial charge is 0.305 e. The minimum absolute atomic E-state index is 0.0579. The van der Waals surface area contributed by atoms with Crippen molar-refractivity contribution in [1.82, 2.24) is 15.2 Å². The van der Waals surface area contributed by atoms with E-state index in [9.17, 15) is 14.4 Å². The molecule has 0 aliphatic carbocycles. The van der Waals surface area contributed by atoms with Crippen LogP contribution in [0.1, 0.15) is 24.4 Å². The van der Waals surface area contributed by atoms with Crippen LogP contribution in [-0.2, 0) is 14.4 Å². The van der Waals surface area contributed by atoms with E-state index in [-0.39, 0.29) is 37.2 Å². The molecule has 1 fully saturated rings. The summed E-state index contributed by atoms with van der Waals surface area (Å²) in [5.74, 6) is -1.91. The van der Waals surface area contributed by atoms with Gasteiger partial charge in [0.2, 0.25) is 11.8 Å². The fourth-order valence-corrected chi connectivity index (χ4v) is 2.54. The first-order valence-corrected chi connectivity index (χ1v) is 6.66. The largest absolute Gasteiger partial charge is 0.481 e. The fourth-order valence-electron chi connectivity index (χ4n) is 2.54. The van der Waals surface area contributed by atoms with Crippen LogP contribution in [0, 0.1) is 5.92 Å². The third kappa shape index (κ3) is 3.36. The second-order valence-electron chi connectivity index (χ2n) is 4.98. The molecule has 7 nitrogen and oxygen atoms in total. The molecule has 0 radical (unpaired) electrons. The number of hydrogen-bond acceptors (Lipinski definition) is 4. The summed E-state index contributed by atoms with van der Waals surface area (Å²) in [7, 11) is 1.66. The number of aromatic nitrogens is 1. The van der Waals surface area contributed by atoms with Crippen LogP contribution in [0.15, 0.2) is 24.5 Å². The third-order valence-corrected chi connectivity index (χ3v) is 3.59. The standard InChI is InChI=1S/C14H17N3O4/c1-17-11(18)7-10(14(21)16-6-4-12(19)20)13(17)9-3-2-5-15-8-9/h2-3,5,8,10,13H,4,6-7H2,1H3,(H,16,21)(H,19,20). The van der Waals surface area contributed by atoms with E-state index >= 15 is 0 Å². The molecule has 21 heavy (non-hydrogen) atoms. The van der Waals surface area contributed by atoms with Gasteiger partial charge in [0.25, 0.3) is 0 Å². The minimum atomic E-state index is -0.973. The van der Waals surface area contributed by atoms with Crippen molar-refractivity contribution in [3.63, 3.8) is 0 Å². The zero-order valence-electron chi connectivity index (χ0n) is 11.7. The van der Waals surface area contributed by atoms with Crippen LogP contribution in [0.4, 0.5) is 0 Å². The second-order valence-corrected chi connectivity index (χ2v) is 4.98. The Labute approximate surface area is 122 Å². The van der Waals surface area contributed by atoms with Gasteiger partial charge in [-0.05, 0) is 11.6 Å². The number of amides is 2. The van der Waals surface area contributed by atoms with Crippen molar-refractivity contribution in [2.75, 3.05) is 13.6 Å². The number of carbonyl (C=O) groups is 3. The van der Waals surface area contributed by atoms with Crippen LogP contribution in [0.25, 0.3) is 0 Å². The topological polar surface area (TPSA) is 99.6 Å². The molecule has 0 spiro atoms. The molecule has 2 amide bonds. The molecule has 1 aliphatic rings. The zero-order valence-corrected chi connectivity index (χ0v) is 11.7. The highest BCUT2D eigenvalue weighted by Gasteiger charge is 2.42. The van der Waals surface area contributed by atoms with Gasteiger partial charge in [-0.15, -0.1) is 0 Å². The van der Waals surface area contributed by atoms with Gasteiger partial charge in [0, 0.05) is 32.4 Å². The second kappa shape index (κ2) is 6.34. The highest BCUT2D eigenvalue weighted by atomic mass is 16.4. The lowest BCUT2D eigenvalue weighted by Crippen LogP contribution is -2.35. The number of carboxylic acids is 1. The Kier molecular flexibility index (Phi) is 4.52. The molecule has 2 rings (SSSR count). The summed E-state index contributed by atoms with van der Waals surface area (Å²) >= 11 is 0. The predicted molar refractivity (Wildman–Crippen MR) is 73.1 cm³/mol. The normalized spacial score (nSPS) is 21.4. The summed E-state index contributed by atoms with van der Waals surface area (Å²) in [6.07, 6.45) is 3.24. The minimum Gasteiger partial charge on any atom is -0.481 e. The molecule has 1 aromatic heterocycles. The molecule has 7 heteroatoms. The average molecular weight is 291 g/mol. The number of pyridine rings is 1. The highest BCUT2D eigenvalue weighted by Crippen LogP contribution is 2.36. The van der Waals surface area contributed by atoms with Crippen LogP contribution in [0.3, 0.4) is 0 Å². The Bertz CT molecular complexity index is 546. The number of nitrogens with zero attached hydrogens (tertiary/aromatic N) is 2. The van der Waals surface area contributed by atoms with Gasteiger partial charge in [-0.3, -0.25) is 19.4 Å². The highest BCUT2D eigenvalue weighted by molar-refractivity contribution is 5.90. The first kappa shape index (κ1) is 15.0. The van der Waals surface area contributed by atoms with Gasteiger partial charge in [0.15, 0.2) is 0 Å². The van der Waals surface area contributed by atoms with E-state index in [0.717, 1.165) is 5.56 Å². The molecule has 112 valence electrons.